The number of thiophene rings is 1. The molecule has 3 N–H and O–H groups in total. The van der Waals surface area contributed by atoms with Crippen LogP contribution in [0.15, 0.2) is 17.5 Å². The summed E-state index contributed by atoms with van der Waals surface area (Å²) in [5.74, 6) is 0. The van der Waals surface area contributed by atoms with Gasteiger partial charge in [0, 0.05) is 36.6 Å². The van der Waals surface area contributed by atoms with Gasteiger partial charge >= 0.3 is 0 Å². The van der Waals surface area contributed by atoms with E-state index in [4.69, 9.17) is 5.73 Å². The first kappa shape index (κ1) is 12.0. The number of rotatable bonds is 3. The van der Waals surface area contributed by atoms with Gasteiger partial charge in [0.1, 0.15) is 0 Å². The van der Waals surface area contributed by atoms with E-state index in [0.29, 0.717) is 0 Å². The molecule has 3 nitrogen and oxygen atoms in total. The van der Waals surface area contributed by atoms with Gasteiger partial charge in [0.05, 0.1) is 6.04 Å². The van der Waals surface area contributed by atoms with Gasteiger partial charge in [-0.2, -0.15) is 0 Å². The average Bonchev–Trinajstić information content (AvgIpc) is 2.82. The summed E-state index contributed by atoms with van der Waals surface area (Å²) in [6.07, 6.45) is 0. The van der Waals surface area contributed by atoms with E-state index >= 15 is 0 Å². The molecule has 0 bridgehead atoms. The van der Waals surface area contributed by atoms with Crippen LogP contribution in [0.2, 0.25) is 0 Å². The second-order valence-electron chi connectivity index (χ2n) is 4.88. The molecule has 2 heterocycles. The van der Waals surface area contributed by atoms with E-state index in [0.717, 1.165) is 26.2 Å². The van der Waals surface area contributed by atoms with E-state index in [2.05, 4.69) is 41.6 Å². The van der Waals surface area contributed by atoms with Gasteiger partial charge in [0.15, 0.2) is 0 Å². The molecule has 16 heavy (non-hydrogen) atoms. The third-order valence-corrected chi connectivity index (χ3v) is 4.50. The molecule has 1 atom stereocenters. The molecular weight excluding hydrogens is 218 g/mol. The normalized spacial score (nSPS) is 20.9. The van der Waals surface area contributed by atoms with Gasteiger partial charge in [-0.3, -0.25) is 4.90 Å². The van der Waals surface area contributed by atoms with Crippen molar-refractivity contribution < 1.29 is 0 Å². The smallest absolute Gasteiger partial charge is 0.0571 e. The van der Waals surface area contributed by atoms with Gasteiger partial charge in [-0.25, -0.2) is 0 Å². The van der Waals surface area contributed by atoms with Crippen LogP contribution in [-0.2, 0) is 0 Å². The molecule has 0 aliphatic carbocycles. The van der Waals surface area contributed by atoms with Crippen molar-refractivity contribution in [1.82, 2.24) is 10.2 Å². The van der Waals surface area contributed by atoms with Gasteiger partial charge in [-0.05, 0) is 25.3 Å². The lowest BCUT2D eigenvalue weighted by Crippen LogP contribution is -2.57. The maximum absolute atomic E-state index is 6.40. The molecule has 1 saturated heterocycles. The Morgan fingerprint density at radius 2 is 2.12 bits per heavy atom. The number of hydrogen-bond donors (Lipinski definition) is 2. The third-order valence-electron chi connectivity index (χ3n) is 3.54. The van der Waals surface area contributed by atoms with Gasteiger partial charge in [0.2, 0.25) is 0 Å². The number of nitrogens with zero attached hydrogens (tertiary/aromatic N) is 1. The zero-order valence-electron chi connectivity index (χ0n) is 10.1. The first-order valence-electron chi connectivity index (χ1n) is 5.87. The molecule has 1 aromatic heterocycles. The fourth-order valence-electron chi connectivity index (χ4n) is 2.25. The maximum Gasteiger partial charge on any atom is 0.0571 e. The molecular formula is C12H21N3S. The number of nitrogens with two attached hydrogens (primary N) is 1. The summed E-state index contributed by atoms with van der Waals surface area (Å²) in [6.45, 7) is 8.82. The minimum absolute atomic E-state index is 0.0347. The number of piperazine rings is 1. The van der Waals surface area contributed by atoms with Crippen LogP contribution < -0.4 is 11.1 Å². The summed E-state index contributed by atoms with van der Waals surface area (Å²) < 4.78 is 0. The van der Waals surface area contributed by atoms with Gasteiger partial charge in [0.25, 0.3) is 0 Å². The summed E-state index contributed by atoms with van der Waals surface area (Å²) in [4.78, 5) is 3.77. The highest BCUT2D eigenvalue weighted by molar-refractivity contribution is 7.10. The molecule has 4 heteroatoms. The first-order chi connectivity index (χ1) is 7.62. The Balaban J connectivity index is 2.10. The average molecular weight is 239 g/mol. The van der Waals surface area contributed by atoms with Crippen molar-refractivity contribution in [3.8, 4) is 0 Å². The third kappa shape index (κ3) is 2.30. The number of nitrogens with one attached hydrogen (secondary N) is 1. The quantitative estimate of drug-likeness (QED) is 0.838. The second kappa shape index (κ2) is 4.84. The van der Waals surface area contributed by atoms with Crippen LogP contribution in [0.25, 0.3) is 0 Å². The summed E-state index contributed by atoms with van der Waals surface area (Å²) in [5, 5.41) is 5.48. The lowest BCUT2D eigenvalue weighted by Gasteiger charge is -2.44. The predicted molar refractivity (Wildman–Crippen MR) is 69.8 cm³/mol. The zero-order valence-corrected chi connectivity index (χ0v) is 10.9. The standard InChI is InChI=1S/C12H21N3S/c1-12(2,15-7-5-14-6-8-15)11(13)10-4-3-9-16-10/h3-4,9,11,14H,5-8,13H2,1-2H3. The first-order valence-corrected chi connectivity index (χ1v) is 6.75. The van der Waals surface area contributed by atoms with Crippen LogP contribution in [-0.4, -0.2) is 36.6 Å². The molecule has 0 saturated carbocycles. The molecule has 1 unspecified atom stereocenters. The Morgan fingerprint density at radius 1 is 1.44 bits per heavy atom. The maximum atomic E-state index is 6.40. The highest BCUT2D eigenvalue weighted by Crippen LogP contribution is 2.31. The Labute approximate surface area is 102 Å². The van der Waals surface area contributed by atoms with Crippen LogP contribution in [0, 0.1) is 0 Å². The molecule has 1 aliphatic rings. The van der Waals surface area contributed by atoms with Gasteiger partial charge in [-0.1, -0.05) is 6.07 Å². The minimum Gasteiger partial charge on any atom is -0.322 e. The van der Waals surface area contributed by atoms with Crippen LogP contribution in [0.1, 0.15) is 24.8 Å². The minimum atomic E-state index is 0.0347. The molecule has 0 aromatic carbocycles. The second-order valence-corrected chi connectivity index (χ2v) is 5.86. The summed E-state index contributed by atoms with van der Waals surface area (Å²) in [5.41, 5.74) is 6.43. The van der Waals surface area contributed by atoms with Crippen molar-refractivity contribution in [2.45, 2.75) is 25.4 Å². The van der Waals surface area contributed by atoms with E-state index in [1.54, 1.807) is 11.3 Å². The van der Waals surface area contributed by atoms with Gasteiger partial charge < -0.3 is 11.1 Å². The fourth-order valence-corrected chi connectivity index (χ4v) is 3.16. The van der Waals surface area contributed by atoms with Crippen molar-refractivity contribution in [3.63, 3.8) is 0 Å². The topological polar surface area (TPSA) is 41.3 Å². The van der Waals surface area contributed by atoms with E-state index in [1.807, 2.05) is 0 Å². The van der Waals surface area contributed by atoms with Crippen LogP contribution in [0.3, 0.4) is 0 Å². The van der Waals surface area contributed by atoms with Crippen molar-refractivity contribution in [3.05, 3.63) is 22.4 Å². The van der Waals surface area contributed by atoms with E-state index in [1.165, 1.54) is 4.88 Å². The van der Waals surface area contributed by atoms with E-state index in [9.17, 15) is 0 Å². The van der Waals surface area contributed by atoms with Crippen molar-refractivity contribution in [2.75, 3.05) is 26.2 Å². The Morgan fingerprint density at radius 3 is 2.69 bits per heavy atom. The van der Waals surface area contributed by atoms with Crippen LogP contribution in [0.4, 0.5) is 0 Å². The zero-order chi connectivity index (χ0) is 11.6. The monoisotopic (exact) mass is 239 g/mol. The Kier molecular flexibility index (Phi) is 3.64. The van der Waals surface area contributed by atoms with Crippen molar-refractivity contribution >= 4 is 11.3 Å². The van der Waals surface area contributed by atoms with Gasteiger partial charge in [-0.15, -0.1) is 11.3 Å². The van der Waals surface area contributed by atoms with E-state index in [-0.39, 0.29) is 11.6 Å². The summed E-state index contributed by atoms with van der Waals surface area (Å²) in [6, 6.07) is 4.32. The Bertz CT molecular complexity index is 315. The SMILES string of the molecule is CC(C)(C(N)c1cccs1)N1CCNCC1. The molecule has 90 valence electrons. The molecule has 1 aromatic rings. The molecule has 2 rings (SSSR count). The highest BCUT2D eigenvalue weighted by atomic mass is 32.1. The molecule has 1 aliphatic heterocycles. The Hall–Kier alpha value is -0.420. The van der Waals surface area contributed by atoms with Crippen LogP contribution >= 0.6 is 11.3 Å². The number of hydrogen-bond acceptors (Lipinski definition) is 4. The lowest BCUT2D eigenvalue weighted by molar-refractivity contribution is 0.0810. The largest absolute Gasteiger partial charge is 0.322 e. The van der Waals surface area contributed by atoms with E-state index < -0.39 is 0 Å². The van der Waals surface area contributed by atoms with Crippen molar-refractivity contribution in [1.29, 1.82) is 0 Å². The molecule has 0 spiro atoms. The van der Waals surface area contributed by atoms with Crippen LogP contribution in [0.5, 0.6) is 0 Å². The summed E-state index contributed by atoms with van der Waals surface area (Å²) in [7, 11) is 0. The predicted octanol–water partition coefficient (Wildman–Crippen LogP) is 1.43. The summed E-state index contributed by atoms with van der Waals surface area (Å²) >= 11 is 1.75. The molecule has 0 radical (unpaired) electrons. The lowest BCUT2D eigenvalue weighted by atomic mass is 9.91. The highest BCUT2D eigenvalue weighted by Gasteiger charge is 2.35. The fraction of sp³-hybridized carbons (Fsp3) is 0.667. The molecule has 0 amide bonds. The van der Waals surface area contributed by atoms with Crippen molar-refractivity contribution in [2.24, 2.45) is 5.73 Å². The molecule has 1 fully saturated rings.